The van der Waals surface area contributed by atoms with Crippen LogP contribution in [0.3, 0.4) is 0 Å². The van der Waals surface area contributed by atoms with E-state index in [0.717, 1.165) is 122 Å². The van der Waals surface area contributed by atoms with Gasteiger partial charge in [0.25, 0.3) is 0 Å². The van der Waals surface area contributed by atoms with Crippen LogP contribution in [-0.2, 0) is 20.1 Å². The molecule has 0 saturated carbocycles. The van der Waals surface area contributed by atoms with Gasteiger partial charge in [-0.05, 0) is 122 Å². The van der Waals surface area contributed by atoms with Gasteiger partial charge in [-0.1, -0.05) is 250 Å². The van der Waals surface area contributed by atoms with E-state index in [1.165, 1.54) is 24.5 Å². The first-order chi connectivity index (χ1) is 43.9. The first-order valence-corrected chi connectivity index (χ1v) is 28.0. The van der Waals surface area contributed by atoms with Crippen molar-refractivity contribution in [2.45, 2.75) is 13.7 Å². The average Bonchev–Trinajstić information content (AvgIpc) is 1.90. The third kappa shape index (κ3) is 11.1. The Labute approximate surface area is 519 Å². The Balaban J connectivity index is 0.00000758. The van der Waals surface area contributed by atoms with Crippen LogP contribution in [0.15, 0.2) is 291 Å². The van der Waals surface area contributed by atoms with Gasteiger partial charge in [0.1, 0.15) is 0 Å². The molecule has 0 aliphatic heterocycles. The van der Waals surface area contributed by atoms with Crippen molar-refractivity contribution in [2.24, 2.45) is 0 Å². The van der Waals surface area contributed by atoms with Crippen molar-refractivity contribution in [1.29, 1.82) is 0 Å². The van der Waals surface area contributed by atoms with Crippen LogP contribution in [0.4, 0.5) is 0 Å². The molecule has 0 amide bonds. The third-order valence-electron chi connectivity index (χ3n) is 15.6. The second-order valence-electron chi connectivity index (χ2n) is 20.8. The van der Waals surface area contributed by atoms with Crippen molar-refractivity contribution in [1.82, 2.24) is 15.0 Å². The maximum atomic E-state index is 8.03. The molecule has 0 fully saturated rings. The predicted octanol–water partition coefficient (Wildman–Crippen LogP) is 21.0. The minimum Gasteiger partial charge on any atom is -0.305 e. The summed E-state index contributed by atoms with van der Waals surface area (Å²) < 4.78 is 48.2. The maximum absolute atomic E-state index is 8.03. The minimum absolute atomic E-state index is 0. The van der Waals surface area contributed by atoms with Gasteiger partial charge in [-0.25, -0.2) is 0 Å². The van der Waals surface area contributed by atoms with E-state index in [4.69, 9.17) is 13.2 Å². The minimum atomic E-state index is -2.27. The van der Waals surface area contributed by atoms with Gasteiger partial charge in [0.2, 0.25) is 0 Å². The number of hydrogen-bond donors (Lipinski definition) is 0. The predicted molar refractivity (Wildman–Crippen MR) is 349 cm³/mol. The molecule has 85 heavy (non-hydrogen) atoms. The van der Waals surface area contributed by atoms with Gasteiger partial charge in [0.15, 0.2) is 0 Å². The fraction of sp³-hybridized carbons (Fsp3) is 0.0247. The van der Waals surface area contributed by atoms with E-state index in [2.05, 4.69) is 222 Å². The van der Waals surface area contributed by atoms with E-state index in [-0.39, 0.29) is 31.2 Å². The van der Waals surface area contributed by atoms with E-state index >= 15 is 0 Å². The molecule has 0 bridgehead atoms. The summed E-state index contributed by atoms with van der Waals surface area (Å²) in [5.41, 5.74) is 22.7. The zero-order chi connectivity index (χ0) is 61.3. The fourth-order valence-corrected chi connectivity index (χ4v) is 11.4. The number of fused-ring (bicyclic) bond motifs is 1. The Hall–Kier alpha value is -10.2. The quantitative estimate of drug-likeness (QED) is 0.114. The van der Waals surface area contributed by atoms with E-state index in [9.17, 15) is 0 Å². The molecule has 0 N–H and O–H groups in total. The van der Waals surface area contributed by atoms with E-state index in [1.54, 1.807) is 12.1 Å². The van der Waals surface area contributed by atoms with Crippen LogP contribution < -0.4 is 0 Å². The van der Waals surface area contributed by atoms with Crippen LogP contribution in [0.2, 0.25) is 0 Å². The normalized spacial score (nSPS) is 12.4. The summed E-state index contributed by atoms with van der Waals surface area (Å²) in [5, 5.41) is 2.17. The van der Waals surface area contributed by atoms with Gasteiger partial charge in [-0.15, -0.1) is 83.4 Å². The Kier molecular flexibility index (Phi) is 13.3. The molecule has 0 atom stereocenters. The van der Waals surface area contributed by atoms with Crippen LogP contribution in [0, 0.1) is 31.9 Å². The molecule has 0 aliphatic rings. The summed E-state index contributed by atoms with van der Waals surface area (Å²) in [6, 6.07) is 106. The number of pyridine rings is 3. The maximum Gasteiger partial charge on any atom is 3.00 e. The number of hydrogen-bond acceptors (Lipinski definition) is 3. The van der Waals surface area contributed by atoms with Crippen molar-refractivity contribution in [2.75, 3.05) is 0 Å². The topological polar surface area (TPSA) is 38.7 Å². The van der Waals surface area contributed by atoms with Gasteiger partial charge < -0.3 is 9.97 Å². The van der Waals surface area contributed by atoms with Crippen molar-refractivity contribution < 1.29 is 28.3 Å². The smallest absolute Gasteiger partial charge is 0.305 e. The molecule has 11 aromatic carbocycles. The molecule has 14 rings (SSSR count). The summed E-state index contributed by atoms with van der Waals surface area (Å²) in [7, 11) is 0. The summed E-state index contributed by atoms with van der Waals surface area (Å²) in [6.07, 6.45) is 3.07. The first-order valence-electron chi connectivity index (χ1n) is 31.0. The number of nitrogens with zero attached hydrogens (tertiary/aromatic N) is 3. The molecule has 4 heteroatoms. The van der Waals surface area contributed by atoms with Crippen molar-refractivity contribution >= 4 is 10.8 Å². The number of rotatable bonds is 12. The zero-order valence-corrected chi connectivity index (χ0v) is 48.3. The molecule has 402 valence electrons. The summed E-state index contributed by atoms with van der Waals surface area (Å²) in [6.45, 7) is -4.54. The SMILES string of the molecule is [2H]C([2H])([2H])c1ccnc(-c2[c-]cc(-c3ccccc3-c3cc(-c4ccccc4-c4c[c-]c(-c5cc(C([2H])([2H])[2H])ccn5)cc4)cc(-c4ccccc4-c4c[c-]c(-c5cc6ccccc6c(-c6ccccc6)n5)cc4-c4ccc(-c5ccccc5)cc4)c3)cc2)c1.[Ir+3]. The Morgan fingerprint density at radius 2 is 0.729 bits per heavy atom. The molecule has 0 spiro atoms. The summed E-state index contributed by atoms with van der Waals surface area (Å²) in [4.78, 5) is 14.5. The molecular weight excluding hydrogens is 1210 g/mol. The average molecular weight is 1270 g/mol. The standard InChI is InChI=1S/C81H54N3.Ir/c1-54-43-45-82-78(47-54)61-37-33-58(34-38-61)69-22-11-13-24-71(69)66-49-67(72-25-14-12-23-70(72)59-35-39-62(40-36-59)79-48-55(2)44-46-83-79)51-68(50-66)73-26-15-16-28-75(73)76-42-41-65(52-77(76)60-31-29-57(30-32-60)56-17-5-3-6-18-56)80-53-64-21-9-10-27-74(64)81(84-80)63-19-7-4-8-20-63;/h3-37,39,42-53H,1-2H3;/q-3;+3/i1D3,2D3;. The van der Waals surface area contributed by atoms with E-state index in [0.29, 0.717) is 22.5 Å². The van der Waals surface area contributed by atoms with E-state index < -0.39 is 13.7 Å². The number of aromatic nitrogens is 3. The van der Waals surface area contributed by atoms with Crippen LogP contribution in [0.1, 0.15) is 19.4 Å². The second-order valence-corrected chi connectivity index (χ2v) is 20.8. The van der Waals surface area contributed by atoms with Gasteiger partial charge in [-0.3, -0.25) is 4.98 Å². The Bertz CT molecular complexity index is 4790. The Morgan fingerprint density at radius 1 is 0.294 bits per heavy atom. The second kappa shape index (κ2) is 23.9. The van der Waals surface area contributed by atoms with Crippen molar-refractivity contribution in [3.63, 3.8) is 0 Å². The van der Waals surface area contributed by atoms with E-state index in [1.807, 2.05) is 60.7 Å². The van der Waals surface area contributed by atoms with Gasteiger partial charge >= 0.3 is 20.1 Å². The molecule has 3 heterocycles. The molecule has 0 aliphatic carbocycles. The van der Waals surface area contributed by atoms with Crippen molar-refractivity contribution in [3.8, 4) is 134 Å². The monoisotopic (exact) mass is 1270 g/mol. The van der Waals surface area contributed by atoms with Gasteiger partial charge in [-0.2, -0.15) is 0 Å². The van der Waals surface area contributed by atoms with Crippen LogP contribution in [0.5, 0.6) is 0 Å². The van der Waals surface area contributed by atoms with Gasteiger partial charge in [0.05, 0.1) is 5.69 Å². The molecule has 3 aromatic heterocycles. The van der Waals surface area contributed by atoms with Crippen LogP contribution in [0.25, 0.3) is 145 Å². The molecular formula is C81H54IrN3. The zero-order valence-electron chi connectivity index (χ0n) is 51.9. The van der Waals surface area contributed by atoms with Crippen molar-refractivity contribution in [3.05, 3.63) is 321 Å². The molecule has 0 radical (unpaired) electrons. The molecule has 0 saturated heterocycles. The number of aryl methyl sites for hydroxylation is 2. The largest absolute Gasteiger partial charge is 3.00 e. The molecule has 0 unspecified atom stereocenters. The van der Waals surface area contributed by atoms with Gasteiger partial charge in [0, 0.05) is 26.0 Å². The summed E-state index contributed by atoms with van der Waals surface area (Å²) in [5.74, 6) is 0. The molecule has 3 nitrogen and oxygen atoms in total. The number of benzene rings is 11. The Morgan fingerprint density at radius 3 is 1.26 bits per heavy atom. The van der Waals surface area contributed by atoms with Crippen LogP contribution in [-0.4, -0.2) is 15.0 Å². The third-order valence-corrected chi connectivity index (χ3v) is 15.6. The van der Waals surface area contributed by atoms with Crippen LogP contribution >= 0.6 is 0 Å². The molecule has 14 aromatic rings. The summed E-state index contributed by atoms with van der Waals surface area (Å²) >= 11 is 0. The first kappa shape index (κ1) is 47.3. The fourth-order valence-electron chi connectivity index (χ4n) is 11.4.